The molecule has 1 saturated heterocycles. The van der Waals surface area contributed by atoms with Gasteiger partial charge in [-0.3, -0.25) is 4.79 Å². The maximum Gasteiger partial charge on any atom is 0.220 e. The zero-order chi connectivity index (χ0) is 11.9. The third-order valence-corrected chi connectivity index (χ3v) is 3.35. The maximum atomic E-state index is 11.4. The summed E-state index contributed by atoms with van der Waals surface area (Å²) in [4.78, 5) is 11.4. The molecular formula is C13H24N2O2. The van der Waals surface area contributed by atoms with E-state index in [2.05, 4.69) is 10.6 Å². The van der Waals surface area contributed by atoms with E-state index >= 15 is 0 Å². The van der Waals surface area contributed by atoms with Crippen LogP contribution in [0.1, 0.15) is 44.9 Å². The first-order chi connectivity index (χ1) is 8.34. The highest BCUT2D eigenvalue weighted by atomic mass is 16.5. The topological polar surface area (TPSA) is 50.4 Å². The second kappa shape index (κ2) is 6.97. The van der Waals surface area contributed by atoms with Crippen LogP contribution in [0, 0.1) is 0 Å². The lowest BCUT2D eigenvalue weighted by atomic mass is 10.1. The van der Waals surface area contributed by atoms with E-state index in [0.29, 0.717) is 18.6 Å². The molecule has 2 N–H and O–H groups in total. The summed E-state index contributed by atoms with van der Waals surface area (Å²) < 4.78 is 5.62. The van der Waals surface area contributed by atoms with Gasteiger partial charge < -0.3 is 15.4 Å². The normalized spacial score (nSPS) is 24.6. The predicted octanol–water partition coefficient (Wildman–Crippen LogP) is 1.20. The molecule has 1 amide bonds. The highest BCUT2D eigenvalue weighted by Gasteiger charge is 2.22. The van der Waals surface area contributed by atoms with Gasteiger partial charge in [0.2, 0.25) is 5.91 Å². The van der Waals surface area contributed by atoms with E-state index in [1.807, 2.05) is 0 Å². The molecule has 0 aromatic carbocycles. The molecule has 0 radical (unpaired) electrons. The molecule has 1 atom stereocenters. The zero-order valence-corrected chi connectivity index (χ0v) is 10.5. The number of carbonyl (C=O) groups excluding carboxylic acids is 1. The van der Waals surface area contributed by atoms with Crippen LogP contribution < -0.4 is 10.6 Å². The second-order valence-corrected chi connectivity index (χ2v) is 5.14. The highest BCUT2D eigenvalue weighted by Crippen LogP contribution is 2.18. The Hall–Kier alpha value is -0.610. The van der Waals surface area contributed by atoms with E-state index < -0.39 is 0 Å². The molecule has 0 spiro atoms. The fourth-order valence-corrected chi connectivity index (χ4v) is 2.13. The first-order valence-electron chi connectivity index (χ1n) is 6.96. The van der Waals surface area contributed by atoms with Crippen LogP contribution in [-0.4, -0.2) is 37.7 Å². The minimum atomic E-state index is 0.211. The average molecular weight is 240 g/mol. The number of ether oxygens (including phenoxy) is 1. The molecule has 1 unspecified atom stereocenters. The molecule has 4 nitrogen and oxygen atoms in total. The summed E-state index contributed by atoms with van der Waals surface area (Å²) in [5.74, 6) is 0.211. The molecule has 1 aliphatic heterocycles. The second-order valence-electron chi connectivity index (χ2n) is 5.14. The summed E-state index contributed by atoms with van der Waals surface area (Å²) in [6.07, 6.45) is 7.97. The Morgan fingerprint density at radius 3 is 2.82 bits per heavy atom. The summed E-state index contributed by atoms with van der Waals surface area (Å²) in [7, 11) is 0. The van der Waals surface area contributed by atoms with Gasteiger partial charge in [-0.05, 0) is 45.1 Å². The number of hydrogen-bond donors (Lipinski definition) is 2. The van der Waals surface area contributed by atoms with Crippen molar-refractivity contribution in [3.63, 3.8) is 0 Å². The van der Waals surface area contributed by atoms with Crippen LogP contribution >= 0.6 is 0 Å². The van der Waals surface area contributed by atoms with Crippen molar-refractivity contribution in [2.45, 2.75) is 57.1 Å². The molecule has 17 heavy (non-hydrogen) atoms. The quantitative estimate of drug-likeness (QED) is 0.658. The molecular weight excluding hydrogens is 216 g/mol. The summed E-state index contributed by atoms with van der Waals surface area (Å²) >= 11 is 0. The molecule has 2 rings (SSSR count). The van der Waals surface area contributed by atoms with Crippen LogP contribution in [0.3, 0.4) is 0 Å². The molecule has 98 valence electrons. The Bertz CT molecular complexity index is 236. The third kappa shape index (κ3) is 5.50. The Kier molecular flexibility index (Phi) is 5.26. The van der Waals surface area contributed by atoms with Crippen LogP contribution in [0.15, 0.2) is 0 Å². The van der Waals surface area contributed by atoms with Gasteiger partial charge in [-0.1, -0.05) is 0 Å². The van der Waals surface area contributed by atoms with Crippen LogP contribution in [0.2, 0.25) is 0 Å². The summed E-state index contributed by atoms with van der Waals surface area (Å²) in [5.41, 5.74) is 0. The Morgan fingerprint density at radius 2 is 2.12 bits per heavy atom. The summed E-state index contributed by atoms with van der Waals surface area (Å²) in [6, 6.07) is 0.492. The molecule has 0 aromatic heterocycles. The van der Waals surface area contributed by atoms with Gasteiger partial charge in [0, 0.05) is 25.6 Å². The molecule has 2 fully saturated rings. The van der Waals surface area contributed by atoms with Crippen molar-refractivity contribution in [1.29, 1.82) is 0 Å². The van der Waals surface area contributed by atoms with Crippen molar-refractivity contribution in [3.05, 3.63) is 0 Å². The van der Waals surface area contributed by atoms with E-state index in [4.69, 9.17) is 4.74 Å². The minimum Gasteiger partial charge on any atom is -0.377 e. The van der Waals surface area contributed by atoms with Gasteiger partial charge in [0.05, 0.1) is 6.10 Å². The van der Waals surface area contributed by atoms with Gasteiger partial charge in [0.25, 0.3) is 0 Å². The van der Waals surface area contributed by atoms with Gasteiger partial charge in [-0.2, -0.15) is 0 Å². The van der Waals surface area contributed by atoms with Crippen LogP contribution in [0.5, 0.6) is 0 Å². The number of carbonyl (C=O) groups is 1. The SMILES string of the molecule is O=C(CCCNCC1CCCCO1)NC1CC1. The molecule has 0 bridgehead atoms. The average Bonchev–Trinajstić information content (AvgIpc) is 3.14. The molecule has 4 heteroatoms. The van der Waals surface area contributed by atoms with Gasteiger partial charge in [0.15, 0.2) is 0 Å². The zero-order valence-electron chi connectivity index (χ0n) is 10.5. The van der Waals surface area contributed by atoms with Crippen molar-refractivity contribution >= 4 is 5.91 Å². The molecule has 1 aliphatic carbocycles. The van der Waals surface area contributed by atoms with E-state index in [0.717, 1.165) is 26.1 Å². The predicted molar refractivity (Wildman–Crippen MR) is 66.9 cm³/mol. The van der Waals surface area contributed by atoms with Crippen LogP contribution in [-0.2, 0) is 9.53 Å². The van der Waals surface area contributed by atoms with Gasteiger partial charge in [-0.15, -0.1) is 0 Å². The fourth-order valence-electron chi connectivity index (χ4n) is 2.13. The number of nitrogens with one attached hydrogen (secondary N) is 2. The highest BCUT2D eigenvalue weighted by molar-refractivity contribution is 5.76. The van der Waals surface area contributed by atoms with Crippen molar-refractivity contribution in [2.24, 2.45) is 0 Å². The van der Waals surface area contributed by atoms with Gasteiger partial charge >= 0.3 is 0 Å². The van der Waals surface area contributed by atoms with Crippen molar-refractivity contribution < 1.29 is 9.53 Å². The number of rotatable bonds is 7. The van der Waals surface area contributed by atoms with Gasteiger partial charge in [0.1, 0.15) is 0 Å². The maximum absolute atomic E-state index is 11.4. The third-order valence-electron chi connectivity index (χ3n) is 3.35. The summed E-state index contributed by atoms with van der Waals surface area (Å²) in [6.45, 7) is 2.76. The minimum absolute atomic E-state index is 0.211. The van der Waals surface area contributed by atoms with Crippen LogP contribution in [0.4, 0.5) is 0 Å². The Balaban J connectivity index is 1.41. The summed E-state index contributed by atoms with van der Waals surface area (Å²) in [5, 5.41) is 6.38. The first-order valence-corrected chi connectivity index (χ1v) is 6.96. The van der Waals surface area contributed by atoms with Crippen molar-refractivity contribution in [2.75, 3.05) is 19.7 Å². The molecule has 1 heterocycles. The lowest BCUT2D eigenvalue weighted by Gasteiger charge is -2.22. The Labute approximate surface area is 103 Å². The van der Waals surface area contributed by atoms with Gasteiger partial charge in [-0.25, -0.2) is 0 Å². The Morgan fingerprint density at radius 1 is 1.24 bits per heavy atom. The number of amides is 1. The lowest BCUT2D eigenvalue weighted by Crippen LogP contribution is -2.33. The van der Waals surface area contributed by atoms with E-state index in [-0.39, 0.29) is 5.91 Å². The smallest absolute Gasteiger partial charge is 0.220 e. The largest absolute Gasteiger partial charge is 0.377 e. The van der Waals surface area contributed by atoms with Crippen molar-refractivity contribution in [1.82, 2.24) is 10.6 Å². The monoisotopic (exact) mass is 240 g/mol. The standard InChI is InChI=1S/C13H24N2O2/c16-13(15-11-6-7-11)5-3-8-14-10-12-4-1-2-9-17-12/h11-12,14H,1-10H2,(H,15,16). The number of hydrogen-bond acceptors (Lipinski definition) is 3. The fraction of sp³-hybridized carbons (Fsp3) is 0.923. The first kappa shape index (κ1) is 12.8. The van der Waals surface area contributed by atoms with Crippen molar-refractivity contribution in [3.8, 4) is 0 Å². The molecule has 0 aromatic rings. The van der Waals surface area contributed by atoms with E-state index in [1.54, 1.807) is 0 Å². The van der Waals surface area contributed by atoms with E-state index in [9.17, 15) is 4.79 Å². The van der Waals surface area contributed by atoms with Crippen LogP contribution in [0.25, 0.3) is 0 Å². The lowest BCUT2D eigenvalue weighted by molar-refractivity contribution is -0.121. The molecule has 1 saturated carbocycles. The van der Waals surface area contributed by atoms with E-state index in [1.165, 1.54) is 32.1 Å². The molecule has 2 aliphatic rings.